The standard InChI is InChI=1S/C18H33N2O10/c1-9-15(23)17(25)16(24)13(29-9)7-28-18-10(21)5-11(12(30-18)6-26-2)27-8-14(22)20-4-3-19/h5,9-13,15-18,21,23-25H,3-4,6-8,19H2,1-2H3,(H,20,22). The lowest BCUT2D eigenvalue weighted by atomic mass is 9.96. The van der Waals surface area contributed by atoms with Gasteiger partial charge in [-0.2, -0.15) is 0 Å². The first-order chi connectivity index (χ1) is 14.3. The van der Waals surface area contributed by atoms with Crippen LogP contribution in [0.5, 0.6) is 0 Å². The molecule has 7 N–H and O–H groups in total. The SMILES string of the molecule is COCC1OC(OCC2OC(C)C(O)C(O)C2O)C(O)[CH]C1OCC(=O)NCCN. The lowest BCUT2D eigenvalue weighted by molar-refractivity contribution is -0.282. The quantitative estimate of drug-likeness (QED) is 0.198. The fraction of sp³-hybridized carbons (Fsp3) is 0.889. The normalized spacial score (nSPS) is 39.6. The molecule has 175 valence electrons. The molecule has 2 saturated heterocycles. The van der Waals surface area contributed by atoms with Crippen LogP contribution in [0.2, 0.25) is 0 Å². The van der Waals surface area contributed by atoms with Crippen LogP contribution in [-0.2, 0) is 28.5 Å². The average Bonchev–Trinajstić information content (AvgIpc) is 2.72. The Morgan fingerprint density at radius 1 is 1.07 bits per heavy atom. The number of amides is 1. The Morgan fingerprint density at radius 3 is 2.47 bits per heavy atom. The molecule has 2 aliphatic heterocycles. The van der Waals surface area contributed by atoms with Gasteiger partial charge in [0.15, 0.2) is 6.29 Å². The lowest BCUT2D eigenvalue weighted by Crippen LogP contribution is -2.58. The molecule has 12 nitrogen and oxygen atoms in total. The van der Waals surface area contributed by atoms with Crippen molar-refractivity contribution in [2.24, 2.45) is 5.73 Å². The topological polar surface area (TPSA) is 182 Å². The smallest absolute Gasteiger partial charge is 0.246 e. The second kappa shape index (κ2) is 12.2. The van der Waals surface area contributed by atoms with Crippen molar-refractivity contribution in [2.75, 3.05) is 40.0 Å². The van der Waals surface area contributed by atoms with Gasteiger partial charge in [0, 0.05) is 26.6 Å². The van der Waals surface area contributed by atoms with Gasteiger partial charge in [-0.1, -0.05) is 0 Å². The van der Waals surface area contributed by atoms with Crippen LogP contribution in [0.4, 0.5) is 0 Å². The Hall–Kier alpha value is -0.930. The molecular weight excluding hydrogens is 404 g/mol. The maximum Gasteiger partial charge on any atom is 0.246 e. The molecule has 0 saturated carbocycles. The van der Waals surface area contributed by atoms with Gasteiger partial charge < -0.3 is 55.2 Å². The number of methoxy groups -OCH3 is 1. The maximum absolute atomic E-state index is 11.7. The van der Waals surface area contributed by atoms with Crippen LogP contribution in [-0.4, -0.2) is 121 Å². The highest BCUT2D eigenvalue weighted by Crippen LogP contribution is 2.26. The zero-order valence-electron chi connectivity index (χ0n) is 17.1. The molecule has 0 spiro atoms. The van der Waals surface area contributed by atoms with Gasteiger partial charge in [-0.25, -0.2) is 0 Å². The summed E-state index contributed by atoms with van der Waals surface area (Å²) < 4.78 is 27.4. The number of hydrogen-bond donors (Lipinski definition) is 6. The highest BCUT2D eigenvalue weighted by atomic mass is 16.7. The molecule has 9 unspecified atom stereocenters. The van der Waals surface area contributed by atoms with E-state index >= 15 is 0 Å². The van der Waals surface area contributed by atoms with E-state index in [-0.39, 0.29) is 25.7 Å². The second-order valence-corrected chi connectivity index (χ2v) is 7.28. The predicted octanol–water partition coefficient (Wildman–Crippen LogP) is -3.73. The molecule has 0 aromatic carbocycles. The molecule has 30 heavy (non-hydrogen) atoms. The van der Waals surface area contributed by atoms with Gasteiger partial charge in [0.25, 0.3) is 0 Å². The number of aliphatic hydroxyl groups excluding tert-OH is 4. The Morgan fingerprint density at radius 2 is 1.80 bits per heavy atom. The molecule has 12 heteroatoms. The summed E-state index contributed by atoms with van der Waals surface area (Å²) in [7, 11) is 1.47. The minimum absolute atomic E-state index is 0.114. The fourth-order valence-corrected chi connectivity index (χ4v) is 3.24. The number of rotatable bonds is 10. The van der Waals surface area contributed by atoms with Crippen molar-refractivity contribution in [3.63, 3.8) is 0 Å². The Balaban J connectivity index is 1.87. The van der Waals surface area contributed by atoms with Crippen molar-refractivity contribution in [3.8, 4) is 0 Å². The van der Waals surface area contributed by atoms with Crippen LogP contribution in [0.1, 0.15) is 6.92 Å². The van der Waals surface area contributed by atoms with E-state index in [9.17, 15) is 25.2 Å². The molecule has 0 bridgehead atoms. The molecule has 2 heterocycles. The van der Waals surface area contributed by atoms with E-state index in [1.165, 1.54) is 13.5 Å². The monoisotopic (exact) mass is 437 g/mol. The third-order valence-electron chi connectivity index (χ3n) is 4.92. The number of carbonyl (C=O) groups excluding carboxylic acids is 1. The zero-order valence-corrected chi connectivity index (χ0v) is 17.1. The van der Waals surface area contributed by atoms with E-state index in [1.54, 1.807) is 6.92 Å². The maximum atomic E-state index is 11.7. The van der Waals surface area contributed by atoms with Crippen molar-refractivity contribution >= 4 is 5.91 Å². The second-order valence-electron chi connectivity index (χ2n) is 7.28. The number of ether oxygens (including phenoxy) is 5. The molecule has 1 radical (unpaired) electrons. The van der Waals surface area contributed by atoms with E-state index in [2.05, 4.69) is 5.32 Å². The molecule has 0 aromatic rings. The molecule has 2 rings (SSSR count). The van der Waals surface area contributed by atoms with E-state index in [0.717, 1.165) is 0 Å². The third-order valence-corrected chi connectivity index (χ3v) is 4.92. The molecular formula is C18H33N2O10. The number of nitrogens with one attached hydrogen (secondary N) is 1. The van der Waals surface area contributed by atoms with Crippen molar-refractivity contribution < 1.29 is 48.9 Å². The summed E-state index contributed by atoms with van der Waals surface area (Å²) in [6, 6.07) is 0. The van der Waals surface area contributed by atoms with E-state index < -0.39 is 55.1 Å². The summed E-state index contributed by atoms with van der Waals surface area (Å²) in [5, 5.41) is 42.6. The number of hydrogen-bond acceptors (Lipinski definition) is 11. The summed E-state index contributed by atoms with van der Waals surface area (Å²) >= 11 is 0. The Bertz CT molecular complexity index is 527. The number of aliphatic hydroxyl groups is 4. The molecule has 1 amide bonds. The Kier molecular flexibility index (Phi) is 10.3. The zero-order chi connectivity index (χ0) is 22.3. The van der Waals surface area contributed by atoms with Gasteiger partial charge in [-0.3, -0.25) is 4.79 Å². The van der Waals surface area contributed by atoms with Gasteiger partial charge in [0.2, 0.25) is 5.91 Å². The minimum atomic E-state index is -1.38. The van der Waals surface area contributed by atoms with E-state index in [1.807, 2.05) is 0 Å². The highest BCUT2D eigenvalue weighted by Gasteiger charge is 2.44. The van der Waals surface area contributed by atoms with Crippen molar-refractivity contribution in [1.29, 1.82) is 0 Å². The molecule has 9 atom stereocenters. The van der Waals surface area contributed by atoms with Crippen LogP contribution in [0.25, 0.3) is 0 Å². The third kappa shape index (κ3) is 6.79. The Labute approximate surface area is 175 Å². The predicted molar refractivity (Wildman–Crippen MR) is 101 cm³/mol. The first kappa shape index (κ1) is 25.3. The highest BCUT2D eigenvalue weighted by molar-refractivity contribution is 5.77. The van der Waals surface area contributed by atoms with E-state index in [4.69, 9.17) is 29.4 Å². The summed E-state index contributed by atoms with van der Waals surface area (Å²) in [4.78, 5) is 11.7. The number of nitrogens with two attached hydrogens (primary N) is 1. The van der Waals surface area contributed by atoms with Crippen LogP contribution in [0, 0.1) is 6.42 Å². The summed E-state index contributed by atoms with van der Waals surface area (Å²) in [6.07, 6.45) is -7.82. The summed E-state index contributed by atoms with van der Waals surface area (Å²) in [5.41, 5.74) is 5.33. The first-order valence-corrected chi connectivity index (χ1v) is 9.85. The van der Waals surface area contributed by atoms with Gasteiger partial charge in [0.05, 0.1) is 25.4 Å². The van der Waals surface area contributed by atoms with Crippen molar-refractivity contribution in [3.05, 3.63) is 6.42 Å². The lowest BCUT2D eigenvalue weighted by Gasteiger charge is -2.41. The van der Waals surface area contributed by atoms with Gasteiger partial charge in [-0.15, -0.1) is 0 Å². The van der Waals surface area contributed by atoms with Crippen LogP contribution >= 0.6 is 0 Å². The minimum Gasteiger partial charge on any atom is -0.388 e. The molecule has 0 aromatic heterocycles. The van der Waals surface area contributed by atoms with Gasteiger partial charge >= 0.3 is 0 Å². The fourth-order valence-electron chi connectivity index (χ4n) is 3.24. The van der Waals surface area contributed by atoms with Gasteiger partial charge in [-0.05, 0) is 6.92 Å². The van der Waals surface area contributed by atoms with Crippen molar-refractivity contribution in [1.82, 2.24) is 5.32 Å². The van der Waals surface area contributed by atoms with Crippen LogP contribution in [0.3, 0.4) is 0 Å². The van der Waals surface area contributed by atoms with Gasteiger partial charge in [0.1, 0.15) is 43.2 Å². The first-order valence-electron chi connectivity index (χ1n) is 9.85. The van der Waals surface area contributed by atoms with E-state index in [0.29, 0.717) is 13.1 Å². The van der Waals surface area contributed by atoms with Crippen LogP contribution in [0.15, 0.2) is 0 Å². The summed E-state index contributed by atoms with van der Waals surface area (Å²) in [5.74, 6) is -0.351. The number of carbonyl (C=O) groups is 1. The van der Waals surface area contributed by atoms with Crippen molar-refractivity contribution in [2.45, 2.75) is 62.0 Å². The molecule has 2 aliphatic rings. The molecule has 0 aliphatic carbocycles. The van der Waals surface area contributed by atoms with Crippen LogP contribution < -0.4 is 11.1 Å². The largest absolute Gasteiger partial charge is 0.388 e. The summed E-state index contributed by atoms with van der Waals surface area (Å²) in [6.45, 7) is 1.87. The average molecular weight is 437 g/mol. The molecule has 2 fully saturated rings.